The Morgan fingerprint density at radius 3 is 2.75 bits per heavy atom. The van der Waals surface area contributed by atoms with Crippen LogP contribution in [0.4, 0.5) is 5.82 Å². The summed E-state index contributed by atoms with van der Waals surface area (Å²) in [4.78, 5) is 20.3. The fraction of sp³-hybridized carbons (Fsp3) is 0.533. The number of anilines is 1. The lowest BCUT2D eigenvalue weighted by Crippen LogP contribution is -2.34. The number of nitrogens with one attached hydrogen (secondary N) is 2. The molecule has 5 heteroatoms. The van der Waals surface area contributed by atoms with E-state index in [0.29, 0.717) is 18.1 Å². The molecule has 5 nitrogen and oxygen atoms in total. The Morgan fingerprint density at radius 2 is 2.05 bits per heavy atom. The first-order chi connectivity index (χ1) is 9.79. The fourth-order valence-electron chi connectivity index (χ4n) is 2.44. The Hall–Kier alpha value is -1.91. The van der Waals surface area contributed by atoms with Crippen LogP contribution in [-0.4, -0.2) is 28.5 Å². The minimum atomic E-state index is -0.110. The van der Waals surface area contributed by atoms with Crippen LogP contribution in [0, 0.1) is 0 Å². The average Bonchev–Trinajstić information content (AvgIpc) is 2.74. The summed E-state index contributed by atoms with van der Waals surface area (Å²) in [6.45, 7) is 4.25. The molecule has 0 aromatic carbocycles. The molecule has 1 amide bonds. The van der Waals surface area contributed by atoms with E-state index >= 15 is 0 Å². The van der Waals surface area contributed by atoms with Gasteiger partial charge in [0.05, 0.1) is 0 Å². The molecular weight excluding hydrogens is 252 g/mol. The van der Waals surface area contributed by atoms with Crippen LogP contribution < -0.4 is 10.6 Å². The van der Waals surface area contributed by atoms with E-state index in [1.807, 2.05) is 0 Å². The number of hydrogen-bond acceptors (Lipinski definition) is 4. The van der Waals surface area contributed by atoms with Crippen molar-refractivity contribution in [3.05, 3.63) is 30.7 Å². The first kappa shape index (κ1) is 14.5. The molecule has 1 aromatic heterocycles. The second-order valence-corrected chi connectivity index (χ2v) is 5.12. The van der Waals surface area contributed by atoms with Gasteiger partial charge in [0.1, 0.15) is 17.8 Å². The number of amides is 1. The Bertz CT molecular complexity index is 453. The summed E-state index contributed by atoms with van der Waals surface area (Å²) in [6, 6.07) is 1.96. The van der Waals surface area contributed by atoms with E-state index < -0.39 is 0 Å². The van der Waals surface area contributed by atoms with Crippen molar-refractivity contribution in [2.45, 2.75) is 44.6 Å². The molecule has 1 aromatic rings. The van der Waals surface area contributed by atoms with Crippen molar-refractivity contribution in [2.75, 3.05) is 11.9 Å². The number of carbonyl (C=O) groups excluding carboxylic acids is 1. The molecule has 1 aliphatic carbocycles. The largest absolute Gasteiger partial charge is 0.366 e. The quantitative estimate of drug-likeness (QED) is 0.639. The van der Waals surface area contributed by atoms with Crippen molar-refractivity contribution in [1.82, 2.24) is 15.3 Å². The summed E-state index contributed by atoms with van der Waals surface area (Å²) in [6.07, 6.45) is 10.2. The van der Waals surface area contributed by atoms with Crippen LogP contribution in [0.15, 0.2) is 25.0 Å². The number of rotatable bonds is 5. The highest BCUT2D eigenvalue weighted by atomic mass is 16.1. The van der Waals surface area contributed by atoms with Gasteiger partial charge in [-0.05, 0) is 12.8 Å². The molecule has 0 bridgehead atoms. The second-order valence-electron chi connectivity index (χ2n) is 5.12. The van der Waals surface area contributed by atoms with E-state index in [9.17, 15) is 4.79 Å². The molecule has 1 fully saturated rings. The highest BCUT2D eigenvalue weighted by molar-refractivity contribution is 5.93. The maximum absolute atomic E-state index is 12.2. The molecule has 1 saturated carbocycles. The van der Waals surface area contributed by atoms with Gasteiger partial charge in [-0.1, -0.05) is 31.8 Å². The molecule has 0 unspecified atom stereocenters. The molecule has 1 aliphatic rings. The maximum atomic E-state index is 12.2. The van der Waals surface area contributed by atoms with Crippen LogP contribution in [0.1, 0.15) is 49.0 Å². The van der Waals surface area contributed by atoms with Crippen molar-refractivity contribution < 1.29 is 4.79 Å². The smallest absolute Gasteiger partial charge is 0.270 e. The molecule has 0 radical (unpaired) electrons. The van der Waals surface area contributed by atoms with E-state index in [1.165, 1.54) is 32.0 Å². The average molecular weight is 274 g/mol. The van der Waals surface area contributed by atoms with Gasteiger partial charge in [-0.15, -0.1) is 6.58 Å². The van der Waals surface area contributed by atoms with Gasteiger partial charge in [-0.3, -0.25) is 4.79 Å². The van der Waals surface area contributed by atoms with Crippen LogP contribution in [0.2, 0.25) is 0 Å². The zero-order chi connectivity index (χ0) is 14.2. The van der Waals surface area contributed by atoms with Crippen molar-refractivity contribution in [1.29, 1.82) is 0 Å². The first-order valence-corrected chi connectivity index (χ1v) is 7.27. The van der Waals surface area contributed by atoms with E-state index in [1.54, 1.807) is 12.1 Å². The van der Waals surface area contributed by atoms with Gasteiger partial charge >= 0.3 is 0 Å². The van der Waals surface area contributed by atoms with Crippen molar-refractivity contribution >= 4 is 11.7 Å². The van der Waals surface area contributed by atoms with Gasteiger partial charge in [-0.2, -0.15) is 0 Å². The van der Waals surface area contributed by atoms with E-state index in [0.717, 1.165) is 12.8 Å². The monoisotopic (exact) mass is 274 g/mol. The SMILES string of the molecule is C=CCNc1cc(C(=O)NC2CCCCCC2)ncn1. The molecule has 2 N–H and O–H groups in total. The zero-order valence-corrected chi connectivity index (χ0v) is 11.8. The van der Waals surface area contributed by atoms with Crippen LogP contribution >= 0.6 is 0 Å². The predicted octanol–water partition coefficient (Wildman–Crippen LogP) is 2.53. The number of hydrogen-bond donors (Lipinski definition) is 2. The van der Waals surface area contributed by atoms with E-state index in [-0.39, 0.29) is 11.9 Å². The molecule has 1 heterocycles. The third-order valence-electron chi connectivity index (χ3n) is 3.52. The van der Waals surface area contributed by atoms with E-state index in [2.05, 4.69) is 27.2 Å². The second kappa shape index (κ2) is 7.62. The van der Waals surface area contributed by atoms with Gasteiger partial charge in [0.15, 0.2) is 0 Å². The Balaban J connectivity index is 1.95. The van der Waals surface area contributed by atoms with Gasteiger partial charge in [0, 0.05) is 18.7 Å². The molecule has 0 atom stereocenters. The molecule has 0 spiro atoms. The van der Waals surface area contributed by atoms with Crippen LogP contribution in [0.5, 0.6) is 0 Å². The predicted molar refractivity (Wildman–Crippen MR) is 79.7 cm³/mol. The van der Waals surface area contributed by atoms with Gasteiger partial charge in [0.25, 0.3) is 5.91 Å². The molecule has 20 heavy (non-hydrogen) atoms. The van der Waals surface area contributed by atoms with Gasteiger partial charge in [-0.25, -0.2) is 9.97 Å². The molecular formula is C15H22N4O. The summed E-state index contributed by atoms with van der Waals surface area (Å²) in [5.41, 5.74) is 0.413. The fourth-order valence-corrected chi connectivity index (χ4v) is 2.44. The van der Waals surface area contributed by atoms with Crippen molar-refractivity contribution in [3.63, 3.8) is 0 Å². The molecule has 108 valence electrons. The summed E-state index contributed by atoms with van der Waals surface area (Å²) >= 11 is 0. The summed E-state index contributed by atoms with van der Waals surface area (Å²) in [5.74, 6) is 0.534. The van der Waals surface area contributed by atoms with Crippen molar-refractivity contribution in [3.8, 4) is 0 Å². The lowest BCUT2D eigenvalue weighted by Gasteiger charge is -2.15. The highest BCUT2D eigenvalue weighted by Gasteiger charge is 2.16. The Labute approximate surface area is 119 Å². The third-order valence-corrected chi connectivity index (χ3v) is 3.52. The maximum Gasteiger partial charge on any atom is 0.270 e. The summed E-state index contributed by atoms with van der Waals surface area (Å²) < 4.78 is 0. The lowest BCUT2D eigenvalue weighted by atomic mass is 10.1. The number of aromatic nitrogens is 2. The summed E-state index contributed by atoms with van der Waals surface area (Å²) in [7, 11) is 0. The lowest BCUT2D eigenvalue weighted by molar-refractivity contribution is 0.0928. The normalized spacial score (nSPS) is 16.2. The van der Waals surface area contributed by atoms with Gasteiger partial charge in [0.2, 0.25) is 0 Å². The molecule has 2 rings (SSSR count). The summed E-state index contributed by atoms with van der Waals surface area (Å²) in [5, 5.41) is 6.14. The first-order valence-electron chi connectivity index (χ1n) is 7.27. The topological polar surface area (TPSA) is 66.9 Å². The minimum Gasteiger partial charge on any atom is -0.366 e. The highest BCUT2D eigenvalue weighted by Crippen LogP contribution is 2.17. The van der Waals surface area contributed by atoms with Crippen LogP contribution in [0.25, 0.3) is 0 Å². The van der Waals surface area contributed by atoms with Crippen LogP contribution in [0.3, 0.4) is 0 Å². The van der Waals surface area contributed by atoms with Gasteiger partial charge < -0.3 is 10.6 Å². The molecule has 0 aliphatic heterocycles. The Kier molecular flexibility index (Phi) is 5.53. The zero-order valence-electron chi connectivity index (χ0n) is 11.8. The minimum absolute atomic E-state index is 0.110. The third kappa shape index (κ3) is 4.33. The van der Waals surface area contributed by atoms with Crippen molar-refractivity contribution in [2.24, 2.45) is 0 Å². The standard InChI is InChI=1S/C15H22N4O/c1-2-9-16-14-10-13(17-11-18-14)15(20)19-12-7-5-3-4-6-8-12/h2,10-12H,1,3-9H2,(H,19,20)(H,16,17,18). The number of nitrogens with zero attached hydrogens (tertiary/aromatic N) is 2. The van der Waals surface area contributed by atoms with E-state index in [4.69, 9.17) is 0 Å². The van der Waals surface area contributed by atoms with Crippen LogP contribution in [-0.2, 0) is 0 Å². The Morgan fingerprint density at radius 1 is 1.30 bits per heavy atom. The number of carbonyl (C=O) groups is 1. The molecule has 0 saturated heterocycles.